The summed E-state index contributed by atoms with van der Waals surface area (Å²) in [6, 6.07) is 17.5. The lowest BCUT2D eigenvalue weighted by atomic mass is 10.2. The maximum Gasteiger partial charge on any atom is 0.238 e. The molecule has 0 bridgehead atoms. The van der Waals surface area contributed by atoms with E-state index >= 15 is 0 Å². The van der Waals surface area contributed by atoms with Crippen molar-refractivity contribution in [3.8, 4) is 17.4 Å². The Morgan fingerprint density at radius 2 is 1.93 bits per heavy atom. The number of nitrogens with one attached hydrogen (secondary N) is 1. The number of imidazole rings is 1. The second-order valence-corrected chi connectivity index (χ2v) is 8.11. The van der Waals surface area contributed by atoms with Crippen molar-refractivity contribution in [3.05, 3.63) is 71.7 Å². The molecule has 0 radical (unpaired) electrons. The van der Waals surface area contributed by atoms with Crippen molar-refractivity contribution in [1.82, 2.24) is 9.97 Å². The molecule has 0 saturated carbocycles. The van der Waals surface area contributed by atoms with Crippen molar-refractivity contribution >= 4 is 32.7 Å². The van der Waals surface area contributed by atoms with E-state index in [-0.39, 0.29) is 4.90 Å². The summed E-state index contributed by atoms with van der Waals surface area (Å²) < 4.78 is 28.5. The Labute approximate surface area is 167 Å². The number of H-pyrrole nitrogens is 1. The number of nitrogens with two attached hydrogens (primary N) is 1. The van der Waals surface area contributed by atoms with Crippen molar-refractivity contribution in [2.75, 3.05) is 0 Å². The Balaban J connectivity index is 1.65. The lowest BCUT2D eigenvalue weighted by molar-refractivity contribution is 0.571. The minimum absolute atomic E-state index is 0.0276. The van der Waals surface area contributed by atoms with Gasteiger partial charge in [0, 0.05) is 11.6 Å². The van der Waals surface area contributed by atoms with Gasteiger partial charge in [0.1, 0.15) is 23.4 Å². The van der Waals surface area contributed by atoms with Crippen LogP contribution in [0.25, 0.3) is 34.0 Å². The molecule has 0 unspecified atom stereocenters. The monoisotopic (exact) mass is 404 g/mol. The summed E-state index contributed by atoms with van der Waals surface area (Å²) >= 11 is 0. The number of nitriles is 1. The third kappa shape index (κ3) is 3.82. The molecule has 0 aliphatic heterocycles. The number of fused-ring (bicyclic) bond motifs is 1. The normalized spacial score (nSPS) is 12.2. The summed E-state index contributed by atoms with van der Waals surface area (Å²) in [4.78, 5) is 7.64. The molecule has 0 spiro atoms. The third-order valence-corrected chi connectivity index (χ3v) is 5.32. The highest BCUT2D eigenvalue weighted by atomic mass is 32.2. The predicted molar refractivity (Wildman–Crippen MR) is 110 cm³/mol. The number of rotatable bonds is 4. The van der Waals surface area contributed by atoms with E-state index in [1.165, 1.54) is 12.1 Å². The van der Waals surface area contributed by atoms with Crippen LogP contribution in [0, 0.1) is 18.3 Å². The molecule has 4 rings (SSSR count). The topological polar surface area (TPSA) is 126 Å². The van der Waals surface area contributed by atoms with Crippen LogP contribution in [0.15, 0.2) is 63.9 Å². The Kier molecular flexibility index (Phi) is 4.54. The number of benzene rings is 2. The van der Waals surface area contributed by atoms with Gasteiger partial charge in [-0.25, -0.2) is 18.5 Å². The molecule has 0 atom stereocenters. The van der Waals surface area contributed by atoms with Crippen LogP contribution in [0.2, 0.25) is 0 Å². The maximum atomic E-state index is 11.4. The summed E-state index contributed by atoms with van der Waals surface area (Å²) in [6.45, 7) is 1.99. The van der Waals surface area contributed by atoms with Crippen LogP contribution in [0.5, 0.6) is 0 Å². The van der Waals surface area contributed by atoms with Crippen LogP contribution in [-0.4, -0.2) is 18.4 Å². The molecule has 2 aromatic heterocycles. The summed E-state index contributed by atoms with van der Waals surface area (Å²) in [6.07, 6.45) is 1.60. The van der Waals surface area contributed by atoms with E-state index in [0.29, 0.717) is 28.5 Å². The Hall–Kier alpha value is -3.67. The number of hydrogen-bond acceptors (Lipinski definition) is 5. The van der Waals surface area contributed by atoms with E-state index in [1.54, 1.807) is 30.3 Å². The van der Waals surface area contributed by atoms with Gasteiger partial charge in [0.25, 0.3) is 0 Å². The maximum absolute atomic E-state index is 11.4. The zero-order valence-corrected chi connectivity index (χ0v) is 16.2. The molecule has 0 saturated heterocycles. The summed E-state index contributed by atoms with van der Waals surface area (Å²) in [7, 11) is -3.75. The van der Waals surface area contributed by atoms with Gasteiger partial charge in [-0.1, -0.05) is 6.07 Å². The molecule has 29 heavy (non-hydrogen) atoms. The summed E-state index contributed by atoms with van der Waals surface area (Å²) in [5.74, 6) is 1.47. The minimum Gasteiger partial charge on any atom is -0.457 e. The first-order chi connectivity index (χ1) is 13.8. The molecular weight excluding hydrogens is 388 g/mol. The van der Waals surface area contributed by atoms with Gasteiger partial charge in [-0.3, -0.25) is 0 Å². The highest BCUT2D eigenvalue weighted by molar-refractivity contribution is 7.89. The van der Waals surface area contributed by atoms with E-state index in [4.69, 9.17) is 9.56 Å². The molecule has 4 aromatic rings. The van der Waals surface area contributed by atoms with E-state index in [0.717, 1.165) is 16.6 Å². The molecule has 7 nitrogen and oxygen atoms in total. The SMILES string of the molecule is Cc1ccc2nc(C(C#N)=Cc3ccc(-c4ccc(S(N)(=O)=O)cc4)o3)[nH]c2c1. The predicted octanol–water partition coefficient (Wildman–Crippen LogP) is 3.84. The van der Waals surface area contributed by atoms with Crippen molar-refractivity contribution in [2.24, 2.45) is 5.14 Å². The van der Waals surface area contributed by atoms with Crippen molar-refractivity contribution in [3.63, 3.8) is 0 Å². The fourth-order valence-electron chi connectivity index (χ4n) is 2.94. The molecular formula is C21H16N4O3S. The van der Waals surface area contributed by atoms with Crippen molar-refractivity contribution < 1.29 is 12.8 Å². The van der Waals surface area contributed by atoms with Crippen LogP contribution in [-0.2, 0) is 10.0 Å². The van der Waals surface area contributed by atoms with Crippen molar-refractivity contribution in [2.45, 2.75) is 11.8 Å². The van der Waals surface area contributed by atoms with Gasteiger partial charge < -0.3 is 9.40 Å². The first kappa shape index (κ1) is 18.7. The average Bonchev–Trinajstić information content (AvgIpc) is 3.32. The fraction of sp³-hybridized carbons (Fsp3) is 0.0476. The van der Waals surface area contributed by atoms with E-state index < -0.39 is 10.0 Å². The quantitative estimate of drug-likeness (QED) is 0.500. The molecule has 0 aliphatic rings. The Morgan fingerprint density at radius 1 is 1.17 bits per heavy atom. The van der Waals surface area contributed by atoms with Crippen LogP contribution in [0.4, 0.5) is 0 Å². The van der Waals surface area contributed by atoms with Gasteiger partial charge in [0.05, 0.1) is 21.5 Å². The fourth-order valence-corrected chi connectivity index (χ4v) is 3.46. The third-order valence-electron chi connectivity index (χ3n) is 4.39. The summed E-state index contributed by atoms with van der Waals surface area (Å²) in [5, 5.41) is 14.7. The number of aryl methyl sites for hydroxylation is 1. The van der Waals surface area contributed by atoms with Gasteiger partial charge >= 0.3 is 0 Å². The summed E-state index contributed by atoms with van der Waals surface area (Å²) in [5.41, 5.74) is 3.76. The second-order valence-electron chi connectivity index (χ2n) is 6.55. The first-order valence-corrected chi connectivity index (χ1v) is 10.2. The van der Waals surface area contributed by atoms with E-state index in [1.807, 2.05) is 25.1 Å². The van der Waals surface area contributed by atoms with Crippen LogP contribution < -0.4 is 5.14 Å². The molecule has 0 amide bonds. The Bertz CT molecular complexity index is 1390. The average molecular weight is 404 g/mol. The largest absolute Gasteiger partial charge is 0.457 e. The lowest BCUT2D eigenvalue weighted by Gasteiger charge is -2.00. The lowest BCUT2D eigenvalue weighted by Crippen LogP contribution is -2.11. The number of aromatic amines is 1. The highest BCUT2D eigenvalue weighted by Gasteiger charge is 2.11. The van der Waals surface area contributed by atoms with Gasteiger partial charge in [-0.15, -0.1) is 0 Å². The standard InChI is InChI=1S/C21H16N4O3S/c1-13-2-8-18-19(10-13)25-21(24-18)15(12-22)11-16-5-9-20(28-16)14-3-6-17(7-4-14)29(23,26)27/h2-11H,1H3,(H,24,25)(H2,23,26,27). The molecule has 0 aliphatic carbocycles. The highest BCUT2D eigenvalue weighted by Crippen LogP contribution is 2.26. The zero-order valence-electron chi connectivity index (χ0n) is 15.4. The van der Waals surface area contributed by atoms with E-state index in [9.17, 15) is 13.7 Å². The molecule has 2 aromatic carbocycles. The smallest absolute Gasteiger partial charge is 0.238 e. The molecule has 2 heterocycles. The Morgan fingerprint density at radius 3 is 2.62 bits per heavy atom. The van der Waals surface area contributed by atoms with Gasteiger partial charge in [0.2, 0.25) is 10.0 Å². The molecule has 8 heteroatoms. The van der Waals surface area contributed by atoms with Crippen LogP contribution in [0.3, 0.4) is 0 Å². The molecule has 144 valence electrons. The van der Waals surface area contributed by atoms with Gasteiger partial charge in [-0.2, -0.15) is 5.26 Å². The second kappa shape index (κ2) is 7.05. The number of allylic oxidation sites excluding steroid dienone is 1. The van der Waals surface area contributed by atoms with Gasteiger partial charge in [-0.05, 0) is 61.0 Å². The minimum atomic E-state index is -3.75. The van der Waals surface area contributed by atoms with E-state index in [2.05, 4.69) is 16.0 Å². The van der Waals surface area contributed by atoms with Gasteiger partial charge in [0.15, 0.2) is 0 Å². The number of hydrogen-bond donors (Lipinski definition) is 2. The first-order valence-electron chi connectivity index (χ1n) is 8.65. The number of aromatic nitrogens is 2. The number of sulfonamides is 1. The number of furan rings is 1. The number of primary sulfonamides is 1. The number of nitrogens with zero attached hydrogens (tertiary/aromatic N) is 2. The zero-order chi connectivity index (χ0) is 20.6. The van der Waals surface area contributed by atoms with Crippen LogP contribution >= 0.6 is 0 Å². The van der Waals surface area contributed by atoms with Crippen LogP contribution in [0.1, 0.15) is 17.1 Å². The molecule has 0 fully saturated rings. The van der Waals surface area contributed by atoms with Crippen molar-refractivity contribution in [1.29, 1.82) is 5.26 Å². The molecule has 3 N–H and O–H groups in total.